The zero-order valence-electron chi connectivity index (χ0n) is 21.4. The molecule has 1 aliphatic heterocycles. The van der Waals surface area contributed by atoms with Gasteiger partial charge in [-0.2, -0.15) is 0 Å². The predicted octanol–water partition coefficient (Wildman–Crippen LogP) is 4.34. The van der Waals surface area contributed by atoms with Crippen molar-refractivity contribution < 1.29 is 28.0 Å². The summed E-state index contributed by atoms with van der Waals surface area (Å²) in [5, 5.41) is 2.83. The Hall–Kier alpha value is -2.62. The van der Waals surface area contributed by atoms with Crippen LogP contribution in [0.1, 0.15) is 62.7 Å². The quantitative estimate of drug-likeness (QED) is 0.235. The second-order valence-electron chi connectivity index (χ2n) is 9.86. The summed E-state index contributed by atoms with van der Waals surface area (Å²) in [6.45, 7) is 6.83. The molecule has 1 amide bonds. The monoisotopic (exact) mass is 583 g/mol. The predicted molar refractivity (Wildman–Crippen MR) is 141 cm³/mol. The van der Waals surface area contributed by atoms with E-state index in [9.17, 15) is 28.0 Å². The average Bonchev–Trinajstić information content (AvgIpc) is 3.34. The number of amides is 1. The van der Waals surface area contributed by atoms with Gasteiger partial charge >= 0.3 is 0 Å². The molecule has 2 rings (SSSR count). The molecule has 3 atom stereocenters. The van der Waals surface area contributed by atoms with Crippen LogP contribution in [-0.2, 0) is 14.4 Å². The number of nitrogens with two attached hydrogens (primary N) is 1. The maximum atomic E-state index is 13.9. The molecular formula is C27H36BrF2N3O4. The summed E-state index contributed by atoms with van der Waals surface area (Å²) in [6.07, 6.45) is 1.61. The van der Waals surface area contributed by atoms with Gasteiger partial charge in [-0.15, -0.1) is 0 Å². The molecule has 37 heavy (non-hydrogen) atoms. The highest BCUT2D eigenvalue weighted by Gasteiger charge is 2.39. The Morgan fingerprint density at radius 2 is 1.95 bits per heavy atom. The third kappa shape index (κ3) is 8.72. The van der Waals surface area contributed by atoms with E-state index in [4.69, 9.17) is 5.73 Å². The average molecular weight is 585 g/mol. The van der Waals surface area contributed by atoms with Crippen molar-refractivity contribution in [2.45, 2.75) is 58.4 Å². The van der Waals surface area contributed by atoms with E-state index in [1.807, 2.05) is 13.8 Å². The van der Waals surface area contributed by atoms with Crippen molar-refractivity contribution >= 4 is 39.2 Å². The molecule has 1 aromatic rings. The minimum absolute atomic E-state index is 0.114. The first-order chi connectivity index (χ1) is 17.5. The van der Waals surface area contributed by atoms with Gasteiger partial charge in [0.15, 0.2) is 17.3 Å². The number of hydrogen-bond acceptors (Lipinski definition) is 6. The smallest absolute Gasteiger partial charge is 0.227 e. The van der Waals surface area contributed by atoms with Crippen LogP contribution in [0.5, 0.6) is 0 Å². The van der Waals surface area contributed by atoms with Gasteiger partial charge in [-0.05, 0) is 59.7 Å². The van der Waals surface area contributed by atoms with E-state index in [0.29, 0.717) is 38.8 Å². The molecule has 0 aliphatic carbocycles. The van der Waals surface area contributed by atoms with Gasteiger partial charge in [-0.25, -0.2) is 8.78 Å². The topological polar surface area (TPSA) is 110 Å². The molecule has 10 heteroatoms. The maximum absolute atomic E-state index is 13.9. The number of halogens is 3. The fraction of sp³-hybridized carbons (Fsp3) is 0.556. The standard InChI is InChI=1S/C27H36BrF2N3O4/c1-16(2)20(14-24(34)19-8-9-21(28)22(30)12-19)27(37)33-11-5-7-23(33)25(35)13-18(26(36)15-29)6-4-10-32-17(3)31/h8-9,12,16,18,20,23,32H,3-7,10-11,13-15,31H2,1-2H3/t18-,20+,23+/m1/s1. The Morgan fingerprint density at radius 3 is 2.54 bits per heavy atom. The summed E-state index contributed by atoms with van der Waals surface area (Å²) in [6, 6.07) is 3.37. The number of hydrogen-bond donors (Lipinski definition) is 2. The summed E-state index contributed by atoms with van der Waals surface area (Å²) in [5.41, 5.74) is 5.63. The van der Waals surface area contributed by atoms with Crippen LogP contribution in [0.15, 0.2) is 35.1 Å². The summed E-state index contributed by atoms with van der Waals surface area (Å²) in [4.78, 5) is 53.3. The van der Waals surface area contributed by atoms with Crippen molar-refractivity contribution in [3.05, 3.63) is 46.5 Å². The number of alkyl halides is 1. The highest BCUT2D eigenvalue weighted by atomic mass is 79.9. The van der Waals surface area contributed by atoms with Gasteiger partial charge in [0, 0.05) is 43.3 Å². The minimum Gasteiger partial charge on any atom is -0.386 e. The van der Waals surface area contributed by atoms with Crippen LogP contribution in [-0.4, -0.2) is 54.0 Å². The molecule has 1 aliphatic rings. The molecular weight excluding hydrogens is 548 g/mol. The minimum atomic E-state index is -1.16. The summed E-state index contributed by atoms with van der Waals surface area (Å²) in [5.74, 6) is -3.53. The number of nitrogens with zero attached hydrogens (tertiary/aromatic N) is 1. The lowest BCUT2D eigenvalue weighted by Gasteiger charge is -2.30. The molecule has 0 saturated carbocycles. The fourth-order valence-corrected chi connectivity index (χ4v) is 4.88. The van der Waals surface area contributed by atoms with E-state index in [-0.39, 0.29) is 52.1 Å². The van der Waals surface area contributed by atoms with Crippen molar-refractivity contribution in [1.82, 2.24) is 10.2 Å². The SMILES string of the molecule is C=C(N)NCCC[C@H](CC(=O)[C@@H]1CCCN1C(=O)[C@@H](CC(=O)c1ccc(Br)c(F)c1)C(C)C)C(=O)CF. The molecule has 7 nitrogen and oxygen atoms in total. The Labute approximate surface area is 225 Å². The highest BCUT2D eigenvalue weighted by Crippen LogP contribution is 2.29. The molecule has 204 valence electrons. The van der Waals surface area contributed by atoms with Crippen molar-refractivity contribution in [1.29, 1.82) is 0 Å². The molecule has 0 aromatic heterocycles. The van der Waals surface area contributed by atoms with E-state index in [1.54, 1.807) is 0 Å². The molecule has 1 fully saturated rings. The lowest BCUT2D eigenvalue weighted by atomic mass is 9.86. The van der Waals surface area contributed by atoms with Gasteiger partial charge in [0.05, 0.1) is 16.3 Å². The highest BCUT2D eigenvalue weighted by molar-refractivity contribution is 9.10. The zero-order chi connectivity index (χ0) is 27.7. The van der Waals surface area contributed by atoms with Gasteiger partial charge in [-0.1, -0.05) is 26.5 Å². The van der Waals surface area contributed by atoms with Crippen LogP contribution in [0.25, 0.3) is 0 Å². The Balaban J connectivity index is 2.10. The molecule has 0 unspecified atom stereocenters. The number of likely N-dealkylation sites (tertiary alicyclic amines) is 1. The molecule has 0 bridgehead atoms. The van der Waals surface area contributed by atoms with E-state index >= 15 is 0 Å². The molecule has 3 N–H and O–H groups in total. The first kappa shape index (κ1) is 30.6. The number of rotatable bonds is 15. The lowest BCUT2D eigenvalue weighted by molar-refractivity contribution is -0.142. The van der Waals surface area contributed by atoms with Crippen molar-refractivity contribution in [3.63, 3.8) is 0 Å². The number of carbonyl (C=O) groups excluding carboxylic acids is 4. The fourth-order valence-electron chi connectivity index (χ4n) is 4.64. The van der Waals surface area contributed by atoms with E-state index in [2.05, 4.69) is 27.8 Å². The Bertz CT molecular complexity index is 1020. The van der Waals surface area contributed by atoms with Gasteiger partial charge in [0.1, 0.15) is 12.5 Å². The number of nitrogens with one attached hydrogen (secondary N) is 1. The zero-order valence-corrected chi connectivity index (χ0v) is 23.0. The third-order valence-electron chi connectivity index (χ3n) is 6.79. The number of carbonyl (C=O) groups is 4. The summed E-state index contributed by atoms with van der Waals surface area (Å²) < 4.78 is 27.3. The van der Waals surface area contributed by atoms with Crippen molar-refractivity contribution in [2.75, 3.05) is 19.8 Å². The summed E-state index contributed by atoms with van der Waals surface area (Å²) in [7, 11) is 0. The molecule has 1 saturated heterocycles. The lowest BCUT2D eigenvalue weighted by Crippen LogP contribution is -2.45. The van der Waals surface area contributed by atoms with Gasteiger partial charge in [-0.3, -0.25) is 19.2 Å². The van der Waals surface area contributed by atoms with Gasteiger partial charge in [0.2, 0.25) is 5.91 Å². The van der Waals surface area contributed by atoms with Gasteiger partial charge in [0.25, 0.3) is 0 Å². The van der Waals surface area contributed by atoms with E-state index in [1.165, 1.54) is 17.0 Å². The maximum Gasteiger partial charge on any atom is 0.227 e. The second kappa shape index (κ2) is 14.4. The van der Waals surface area contributed by atoms with Gasteiger partial charge < -0.3 is 16.0 Å². The number of ketones is 3. The summed E-state index contributed by atoms with van der Waals surface area (Å²) >= 11 is 3.06. The molecule has 0 radical (unpaired) electrons. The molecule has 1 heterocycles. The molecule has 1 aromatic carbocycles. The third-order valence-corrected chi connectivity index (χ3v) is 7.44. The second-order valence-corrected chi connectivity index (χ2v) is 10.7. The van der Waals surface area contributed by atoms with Crippen LogP contribution in [0.3, 0.4) is 0 Å². The van der Waals surface area contributed by atoms with Crippen LogP contribution in [0, 0.1) is 23.6 Å². The molecule has 0 spiro atoms. The van der Waals surface area contributed by atoms with Crippen LogP contribution in [0.2, 0.25) is 0 Å². The van der Waals surface area contributed by atoms with Crippen molar-refractivity contribution in [3.8, 4) is 0 Å². The number of Topliss-reactive ketones (excluding diaryl/α,β-unsaturated/α-hetero) is 3. The first-order valence-electron chi connectivity index (χ1n) is 12.5. The van der Waals surface area contributed by atoms with Crippen LogP contribution >= 0.6 is 15.9 Å². The number of benzene rings is 1. The van der Waals surface area contributed by atoms with Crippen molar-refractivity contribution in [2.24, 2.45) is 23.5 Å². The van der Waals surface area contributed by atoms with E-state index < -0.39 is 36.2 Å². The largest absolute Gasteiger partial charge is 0.386 e. The van der Waals surface area contributed by atoms with E-state index in [0.717, 1.165) is 6.07 Å². The van der Waals surface area contributed by atoms with Crippen LogP contribution < -0.4 is 11.1 Å². The Kier molecular flexibility index (Phi) is 11.9. The first-order valence-corrected chi connectivity index (χ1v) is 13.3. The normalized spacial score (nSPS) is 16.9. The van der Waals surface area contributed by atoms with Crippen LogP contribution in [0.4, 0.5) is 8.78 Å². The Morgan fingerprint density at radius 1 is 1.24 bits per heavy atom.